The molecule has 0 radical (unpaired) electrons. The van der Waals surface area contributed by atoms with Gasteiger partial charge in [0.15, 0.2) is 0 Å². The van der Waals surface area contributed by atoms with Crippen molar-refractivity contribution in [3.63, 3.8) is 0 Å². The molecule has 0 saturated heterocycles. The van der Waals surface area contributed by atoms with Gasteiger partial charge in [0.25, 0.3) is 0 Å². The normalized spacial score (nSPS) is 22.4. The highest BCUT2D eigenvalue weighted by Gasteiger charge is 2.22. The van der Waals surface area contributed by atoms with Crippen molar-refractivity contribution in [2.24, 2.45) is 5.92 Å². The molecule has 1 aliphatic carbocycles. The number of nitrogens with one attached hydrogen (secondary N) is 1. The summed E-state index contributed by atoms with van der Waals surface area (Å²) in [6.07, 6.45) is 6.55. The van der Waals surface area contributed by atoms with Crippen LogP contribution in [0.4, 0.5) is 4.39 Å². The van der Waals surface area contributed by atoms with E-state index in [9.17, 15) is 14.3 Å². The molecule has 114 valence electrons. The molecule has 1 aromatic carbocycles. The number of aliphatic hydroxyl groups is 1. The summed E-state index contributed by atoms with van der Waals surface area (Å²) in [6, 6.07) is 4.28. The standard InChI is InChI=1S/C16H19ClFNO2/c17-13-9-11(5-7-14(13)18)6-8-16(21)19-10-12-3-1-2-4-15(12)20/h5-9,12,15,20H,1-4,10H2,(H,19,21). The Labute approximate surface area is 128 Å². The Morgan fingerprint density at radius 2 is 2.19 bits per heavy atom. The average Bonchev–Trinajstić information content (AvgIpc) is 2.47. The second kappa shape index (κ2) is 7.57. The Morgan fingerprint density at radius 1 is 1.43 bits per heavy atom. The van der Waals surface area contributed by atoms with Crippen molar-refractivity contribution in [2.45, 2.75) is 31.8 Å². The van der Waals surface area contributed by atoms with Gasteiger partial charge in [0.2, 0.25) is 5.91 Å². The van der Waals surface area contributed by atoms with E-state index in [1.807, 2.05) is 0 Å². The fourth-order valence-corrected chi connectivity index (χ4v) is 2.69. The summed E-state index contributed by atoms with van der Waals surface area (Å²) in [5.41, 5.74) is 0.661. The number of amides is 1. The molecule has 2 rings (SSSR count). The van der Waals surface area contributed by atoms with Crippen LogP contribution in [0.15, 0.2) is 24.3 Å². The van der Waals surface area contributed by atoms with Gasteiger partial charge in [-0.3, -0.25) is 4.79 Å². The topological polar surface area (TPSA) is 49.3 Å². The van der Waals surface area contributed by atoms with Gasteiger partial charge in [0, 0.05) is 18.5 Å². The van der Waals surface area contributed by atoms with Gasteiger partial charge in [-0.05, 0) is 36.6 Å². The SMILES string of the molecule is O=C(C=Cc1ccc(F)c(Cl)c1)NCC1CCCCC1O. The molecule has 1 fully saturated rings. The van der Waals surface area contributed by atoms with Crippen molar-refractivity contribution in [1.82, 2.24) is 5.32 Å². The molecule has 2 unspecified atom stereocenters. The summed E-state index contributed by atoms with van der Waals surface area (Å²) in [5.74, 6) is -0.575. The largest absolute Gasteiger partial charge is 0.393 e. The number of rotatable bonds is 4. The third-order valence-corrected chi connectivity index (χ3v) is 4.07. The molecular formula is C16H19ClFNO2. The Balaban J connectivity index is 1.83. The number of hydrogen-bond acceptors (Lipinski definition) is 2. The fourth-order valence-electron chi connectivity index (χ4n) is 2.50. The predicted octanol–water partition coefficient (Wildman–Crippen LogP) is 3.16. The molecule has 3 nitrogen and oxygen atoms in total. The molecule has 1 aromatic rings. The Bertz CT molecular complexity index is 533. The lowest BCUT2D eigenvalue weighted by atomic mass is 9.86. The zero-order valence-corrected chi connectivity index (χ0v) is 12.4. The van der Waals surface area contributed by atoms with Crippen LogP contribution in [-0.2, 0) is 4.79 Å². The van der Waals surface area contributed by atoms with E-state index in [2.05, 4.69) is 5.32 Å². The van der Waals surface area contributed by atoms with E-state index in [0.717, 1.165) is 25.7 Å². The molecule has 0 aliphatic heterocycles. The summed E-state index contributed by atoms with van der Waals surface area (Å²) < 4.78 is 13.0. The maximum Gasteiger partial charge on any atom is 0.244 e. The average molecular weight is 312 g/mol. The van der Waals surface area contributed by atoms with Crippen LogP contribution in [0.5, 0.6) is 0 Å². The maximum absolute atomic E-state index is 13.0. The van der Waals surface area contributed by atoms with Gasteiger partial charge in [0.05, 0.1) is 11.1 Å². The van der Waals surface area contributed by atoms with Crippen LogP contribution < -0.4 is 5.32 Å². The number of hydrogen-bond donors (Lipinski definition) is 2. The van der Waals surface area contributed by atoms with E-state index in [1.54, 1.807) is 12.1 Å². The first kappa shape index (κ1) is 16.0. The number of carbonyl (C=O) groups is 1. The van der Waals surface area contributed by atoms with E-state index in [0.29, 0.717) is 12.1 Å². The van der Waals surface area contributed by atoms with E-state index >= 15 is 0 Å². The lowest BCUT2D eigenvalue weighted by Crippen LogP contribution is -2.36. The first-order chi connectivity index (χ1) is 10.1. The first-order valence-corrected chi connectivity index (χ1v) is 7.53. The van der Waals surface area contributed by atoms with Crippen molar-refractivity contribution in [3.8, 4) is 0 Å². The molecule has 0 aromatic heterocycles. The molecule has 1 aliphatic rings. The third kappa shape index (κ3) is 4.83. The summed E-state index contributed by atoms with van der Waals surface area (Å²) in [4.78, 5) is 11.7. The van der Waals surface area contributed by atoms with Gasteiger partial charge in [-0.2, -0.15) is 0 Å². The van der Waals surface area contributed by atoms with Crippen LogP contribution >= 0.6 is 11.6 Å². The second-order valence-corrected chi connectivity index (χ2v) is 5.77. The van der Waals surface area contributed by atoms with Gasteiger partial charge >= 0.3 is 0 Å². The minimum atomic E-state index is -0.482. The predicted molar refractivity (Wildman–Crippen MR) is 81.4 cm³/mol. The maximum atomic E-state index is 13.0. The molecule has 1 amide bonds. The molecule has 2 N–H and O–H groups in total. The molecule has 0 bridgehead atoms. The molecule has 0 heterocycles. The Kier molecular flexibility index (Phi) is 5.76. The number of aliphatic hydroxyl groups excluding tert-OH is 1. The summed E-state index contributed by atoms with van der Waals surface area (Å²) in [7, 11) is 0. The Morgan fingerprint density at radius 3 is 2.90 bits per heavy atom. The minimum Gasteiger partial charge on any atom is -0.393 e. The van der Waals surface area contributed by atoms with Crippen LogP contribution in [0.3, 0.4) is 0 Å². The van der Waals surface area contributed by atoms with Gasteiger partial charge in [0.1, 0.15) is 5.82 Å². The lowest BCUT2D eigenvalue weighted by molar-refractivity contribution is -0.116. The highest BCUT2D eigenvalue weighted by Crippen LogP contribution is 2.23. The van der Waals surface area contributed by atoms with E-state index < -0.39 is 5.82 Å². The van der Waals surface area contributed by atoms with Crippen LogP contribution in [0.1, 0.15) is 31.2 Å². The van der Waals surface area contributed by atoms with Gasteiger partial charge < -0.3 is 10.4 Å². The quantitative estimate of drug-likeness (QED) is 0.839. The van der Waals surface area contributed by atoms with Gasteiger partial charge in [-0.1, -0.05) is 30.5 Å². The van der Waals surface area contributed by atoms with E-state index in [4.69, 9.17) is 11.6 Å². The van der Waals surface area contributed by atoms with Crippen LogP contribution in [0.25, 0.3) is 6.08 Å². The number of halogens is 2. The molecule has 21 heavy (non-hydrogen) atoms. The molecular weight excluding hydrogens is 293 g/mol. The zero-order valence-electron chi connectivity index (χ0n) is 11.7. The Hall–Kier alpha value is -1.39. The summed E-state index contributed by atoms with van der Waals surface area (Å²) >= 11 is 5.67. The number of carbonyl (C=O) groups excluding carboxylic acids is 1. The van der Waals surface area contributed by atoms with Crippen LogP contribution in [0, 0.1) is 11.7 Å². The van der Waals surface area contributed by atoms with Crippen molar-refractivity contribution >= 4 is 23.6 Å². The lowest BCUT2D eigenvalue weighted by Gasteiger charge is -2.27. The van der Waals surface area contributed by atoms with E-state index in [1.165, 1.54) is 18.2 Å². The minimum absolute atomic E-state index is 0.0305. The van der Waals surface area contributed by atoms with Crippen LogP contribution in [0.2, 0.25) is 5.02 Å². The molecule has 1 saturated carbocycles. The zero-order chi connectivity index (χ0) is 15.2. The number of benzene rings is 1. The van der Waals surface area contributed by atoms with E-state index in [-0.39, 0.29) is 23.0 Å². The highest BCUT2D eigenvalue weighted by atomic mass is 35.5. The third-order valence-electron chi connectivity index (χ3n) is 3.78. The highest BCUT2D eigenvalue weighted by molar-refractivity contribution is 6.30. The molecule has 5 heteroatoms. The molecule has 2 atom stereocenters. The monoisotopic (exact) mass is 311 g/mol. The van der Waals surface area contributed by atoms with Crippen molar-refractivity contribution in [1.29, 1.82) is 0 Å². The van der Waals surface area contributed by atoms with Crippen LogP contribution in [-0.4, -0.2) is 23.7 Å². The fraction of sp³-hybridized carbons (Fsp3) is 0.438. The van der Waals surface area contributed by atoms with Gasteiger partial charge in [-0.15, -0.1) is 0 Å². The van der Waals surface area contributed by atoms with Gasteiger partial charge in [-0.25, -0.2) is 4.39 Å². The summed E-state index contributed by atoms with van der Waals surface area (Å²) in [6.45, 7) is 0.481. The van der Waals surface area contributed by atoms with Crippen molar-refractivity contribution < 1.29 is 14.3 Å². The first-order valence-electron chi connectivity index (χ1n) is 7.15. The van der Waals surface area contributed by atoms with Crippen molar-refractivity contribution in [3.05, 3.63) is 40.7 Å². The summed E-state index contributed by atoms with van der Waals surface area (Å²) in [5, 5.41) is 12.6. The second-order valence-electron chi connectivity index (χ2n) is 5.36. The van der Waals surface area contributed by atoms with Crippen molar-refractivity contribution in [2.75, 3.05) is 6.54 Å². The molecule has 0 spiro atoms. The smallest absolute Gasteiger partial charge is 0.244 e.